The van der Waals surface area contributed by atoms with E-state index in [-0.39, 0.29) is 17.4 Å². The van der Waals surface area contributed by atoms with Crippen molar-refractivity contribution in [3.05, 3.63) is 29.6 Å². The first-order chi connectivity index (χ1) is 9.47. The molecular formula is C14H19FN4O. The molecule has 0 radical (unpaired) electrons. The van der Waals surface area contributed by atoms with Crippen LogP contribution in [0, 0.1) is 17.1 Å². The lowest BCUT2D eigenvalue weighted by Gasteiger charge is -2.30. The first-order valence-electron chi connectivity index (χ1n) is 6.67. The number of nitrogens with one attached hydrogen (secondary N) is 2. The van der Waals surface area contributed by atoms with E-state index >= 15 is 0 Å². The van der Waals surface area contributed by atoms with Crippen LogP contribution in [0.1, 0.15) is 25.3 Å². The Hall–Kier alpha value is -2.11. The SMILES string of the molecule is CC1CCN(C(=O)Nc2ccc(F)c(C(=N)N)c2)CC1. The Labute approximate surface area is 117 Å². The second-order valence-corrected chi connectivity index (χ2v) is 5.21. The number of rotatable bonds is 2. The van der Waals surface area contributed by atoms with Gasteiger partial charge in [-0.25, -0.2) is 9.18 Å². The topological polar surface area (TPSA) is 82.2 Å². The van der Waals surface area contributed by atoms with Gasteiger partial charge in [0, 0.05) is 18.8 Å². The van der Waals surface area contributed by atoms with Gasteiger partial charge in [0.1, 0.15) is 11.7 Å². The molecule has 1 fully saturated rings. The van der Waals surface area contributed by atoms with Crippen LogP contribution in [0.4, 0.5) is 14.9 Å². The van der Waals surface area contributed by atoms with E-state index in [1.807, 2.05) is 0 Å². The summed E-state index contributed by atoms with van der Waals surface area (Å²) in [6.07, 6.45) is 1.99. The summed E-state index contributed by atoms with van der Waals surface area (Å²) in [5, 5.41) is 10.0. The zero-order valence-electron chi connectivity index (χ0n) is 11.4. The molecule has 6 heteroatoms. The van der Waals surface area contributed by atoms with Gasteiger partial charge in [-0.1, -0.05) is 6.92 Å². The summed E-state index contributed by atoms with van der Waals surface area (Å²) >= 11 is 0. The van der Waals surface area contributed by atoms with Gasteiger partial charge in [-0.2, -0.15) is 0 Å². The van der Waals surface area contributed by atoms with Crippen molar-refractivity contribution in [2.45, 2.75) is 19.8 Å². The van der Waals surface area contributed by atoms with E-state index in [2.05, 4.69) is 12.2 Å². The number of urea groups is 1. The van der Waals surface area contributed by atoms with Crippen molar-refractivity contribution in [2.24, 2.45) is 11.7 Å². The molecule has 0 aliphatic carbocycles. The van der Waals surface area contributed by atoms with Gasteiger partial charge in [0.05, 0.1) is 5.56 Å². The number of carbonyl (C=O) groups is 1. The second-order valence-electron chi connectivity index (χ2n) is 5.21. The van der Waals surface area contributed by atoms with Crippen LogP contribution in [0.2, 0.25) is 0 Å². The number of amidine groups is 1. The second kappa shape index (κ2) is 5.90. The number of benzene rings is 1. The Kier molecular flexibility index (Phi) is 4.22. The Morgan fingerprint density at radius 1 is 1.45 bits per heavy atom. The molecule has 0 unspecified atom stereocenters. The highest BCUT2D eigenvalue weighted by atomic mass is 19.1. The highest BCUT2D eigenvalue weighted by Gasteiger charge is 2.20. The summed E-state index contributed by atoms with van der Waals surface area (Å²) in [5.74, 6) is -0.276. The first kappa shape index (κ1) is 14.3. The number of nitrogens with two attached hydrogens (primary N) is 1. The Bertz CT molecular complexity index is 524. The largest absolute Gasteiger partial charge is 0.384 e. The fourth-order valence-corrected chi connectivity index (χ4v) is 2.22. The van der Waals surface area contributed by atoms with Crippen LogP contribution >= 0.6 is 0 Å². The van der Waals surface area contributed by atoms with E-state index < -0.39 is 5.82 Å². The number of hydrogen-bond acceptors (Lipinski definition) is 2. The minimum atomic E-state index is -0.567. The maximum Gasteiger partial charge on any atom is 0.321 e. The third-order valence-electron chi connectivity index (χ3n) is 3.58. The van der Waals surface area contributed by atoms with E-state index in [1.54, 1.807) is 4.90 Å². The van der Waals surface area contributed by atoms with Crippen molar-refractivity contribution in [3.63, 3.8) is 0 Å². The maximum absolute atomic E-state index is 13.4. The number of likely N-dealkylation sites (tertiary alicyclic amines) is 1. The van der Waals surface area contributed by atoms with Crippen LogP contribution in [0.25, 0.3) is 0 Å². The summed E-state index contributed by atoms with van der Waals surface area (Å²) in [7, 11) is 0. The van der Waals surface area contributed by atoms with Gasteiger partial charge >= 0.3 is 6.03 Å². The molecular weight excluding hydrogens is 259 g/mol. The van der Waals surface area contributed by atoms with E-state index in [4.69, 9.17) is 11.1 Å². The van der Waals surface area contributed by atoms with Gasteiger partial charge in [-0.3, -0.25) is 5.41 Å². The lowest BCUT2D eigenvalue weighted by Crippen LogP contribution is -2.40. The van der Waals surface area contributed by atoms with Crippen LogP contribution in [-0.2, 0) is 0 Å². The maximum atomic E-state index is 13.4. The fraction of sp³-hybridized carbons (Fsp3) is 0.429. The predicted molar refractivity (Wildman–Crippen MR) is 76.4 cm³/mol. The van der Waals surface area contributed by atoms with E-state index in [0.717, 1.165) is 25.9 Å². The van der Waals surface area contributed by atoms with E-state index in [1.165, 1.54) is 18.2 Å². The van der Waals surface area contributed by atoms with Crippen LogP contribution in [0.5, 0.6) is 0 Å². The molecule has 1 aromatic carbocycles. The molecule has 0 bridgehead atoms. The molecule has 20 heavy (non-hydrogen) atoms. The van der Waals surface area contributed by atoms with Crippen LogP contribution in [0.3, 0.4) is 0 Å². The summed E-state index contributed by atoms with van der Waals surface area (Å²) in [4.78, 5) is 13.8. The Morgan fingerprint density at radius 2 is 2.10 bits per heavy atom. The highest BCUT2D eigenvalue weighted by molar-refractivity contribution is 5.97. The van der Waals surface area contributed by atoms with Crippen molar-refractivity contribution in [3.8, 4) is 0 Å². The number of piperidine rings is 1. The fourth-order valence-electron chi connectivity index (χ4n) is 2.22. The minimum Gasteiger partial charge on any atom is -0.384 e. The summed E-state index contributed by atoms with van der Waals surface area (Å²) in [6.45, 7) is 3.63. The third kappa shape index (κ3) is 3.26. The monoisotopic (exact) mass is 278 g/mol. The Morgan fingerprint density at radius 3 is 2.70 bits per heavy atom. The molecule has 0 aromatic heterocycles. The molecule has 0 atom stereocenters. The number of carbonyl (C=O) groups excluding carboxylic acids is 1. The van der Waals surface area contributed by atoms with Gasteiger partial charge < -0.3 is 16.0 Å². The average molecular weight is 278 g/mol. The molecule has 1 aromatic rings. The standard InChI is InChI=1S/C14H19FN4O/c1-9-4-6-19(7-5-9)14(20)18-10-2-3-12(15)11(8-10)13(16)17/h2-3,8-9H,4-7H2,1H3,(H3,16,17)(H,18,20). The number of nitrogens with zero attached hydrogens (tertiary/aromatic N) is 1. The quantitative estimate of drug-likeness (QED) is 0.573. The molecule has 4 N–H and O–H groups in total. The minimum absolute atomic E-state index is 0.00457. The lowest BCUT2D eigenvalue weighted by atomic mass is 10.00. The number of hydrogen-bond donors (Lipinski definition) is 3. The number of anilines is 1. The molecule has 108 valence electrons. The van der Waals surface area contributed by atoms with Crippen molar-refractivity contribution in [1.29, 1.82) is 5.41 Å². The third-order valence-corrected chi connectivity index (χ3v) is 3.58. The molecule has 0 spiro atoms. The van der Waals surface area contributed by atoms with Gasteiger partial charge in [-0.05, 0) is 37.0 Å². The molecule has 1 heterocycles. The van der Waals surface area contributed by atoms with E-state index in [9.17, 15) is 9.18 Å². The van der Waals surface area contributed by atoms with Crippen molar-refractivity contribution >= 4 is 17.6 Å². The highest BCUT2D eigenvalue weighted by Crippen LogP contribution is 2.18. The van der Waals surface area contributed by atoms with Gasteiger partial charge in [0.25, 0.3) is 0 Å². The summed E-state index contributed by atoms with van der Waals surface area (Å²) < 4.78 is 13.4. The number of nitrogen functional groups attached to an aromatic ring is 1. The molecule has 2 rings (SSSR count). The zero-order valence-corrected chi connectivity index (χ0v) is 11.4. The molecule has 1 aliphatic rings. The summed E-state index contributed by atoms with van der Waals surface area (Å²) in [6, 6.07) is 3.84. The van der Waals surface area contributed by atoms with Crippen molar-refractivity contribution in [1.82, 2.24) is 4.90 Å². The molecule has 5 nitrogen and oxygen atoms in total. The first-order valence-corrected chi connectivity index (χ1v) is 6.67. The molecule has 1 saturated heterocycles. The van der Waals surface area contributed by atoms with Crippen LogP contribution in [0.15, 0.2) is 18.2 Å². The number of amides is 2. The van der Waals surface area contributed by atoms with Crippen LogP contribution in [-0.4, -0.2) is 29.9 Å². The zero-order chi connectivity index (χ0) is 14.7. The molecule has 2 amide bonds. The van der Waals surface area contributed by atoms with E-state index in [0.29, 0.717) is 11.6 Å². The van der Waals surface area contributed by atoms with Gasteiger partial charge in [-0.15, -0.1) is 0 Å². The summed E-state index contributed by atoms with van der Waals surface area (Å²) in [5.41, 5.74) is 5.73. The lowest BCUT2D eigenvalue weighted by molar-refractivity contribution is 0.186. The predicted octanol–water partition coefficient (Wildman–Crippen LogP) is 2.37. The Balaban J connectivity index is 2.04. The van der Waals surface area contributed by atoms with Crippen LogP contribution < -0.4 is 11.1 Å². The average Bonchev–Trinajstić information content (AvgIpc) is 2.41. The smallest absolute Gasteiger partial charge is 0.321 e. The molecule has 1 aliphatic heterocycles. The van der Waals surface area contributed by atoms with Gasteiger partial charge in [0.2, 0.25) is 0 Å². The molecule has 0 saturated carbocycles. The normalized spacial score (nSPS) is 16.0. The van der Waals surface area contributed by atoms with Crippen molar-refractivity contribution in [2.75, 3.05) is 18.4 Å². The van der Waals surface area contributed by atoms with Gasteiger partial charge in [0.15, 0.2) is 0 Å². The number of halogens is 1. The van der Waals surface area contributed by atoms with Crippen molar-refractivity contribution < 1.29 is 9.18 Å².